The number of alkyl halides is 1. The molecule has 0 aliphatic rings. The zero-order chi connectivity index (χ0) is 16.9. The predicted octanol–water partition coefficient (Wildman–Crippen LogP) is 5.60. The second-order valence-electron chi connectivity index (χ2n) is 6.29. The van der Waals surface area contributed by atoms with E-state index in [4.69, 9.17) is 4.74 Å². The second-order valence-corrected chi connectivity index (χ2v) is 6.85. The van der Waals surface area contributed by atoms with E-state index >= 15 is 0 Å². The lowest BCUT2D eigenvalue weighted by Gasteiger charge is -2.18. The third-order valence-corrected chi connectivity index (χ3v) is 3.81. The van der Waals surface area contributed by atoms with Crippen molar-refractivity contribution in [1.82, 2.24) is 0 Å². The molecule has 0 bridgehead atoms. The van der Waals surface area contributed by atoms with E-state index in [1.165, 1.54) is 6.08 Å². The molecule has 0 spiro atoms. The SMILES string of the molecule is CC(C)(C)OC(=O)C=Cc1cc(CBr)ccc1-c1ccccc1. The van der Waals surface area contributed by atoms with Crippen molar-refractivity contribution in [2.45, 2.75) is 31.7 Å². The van der Waals surface area contributed by atoms with Gasteiger partial charge in [0.05, 0.1) is 0 Å². The van der Waals surface area contributed by atoms with Crippen molar-refractivity contribution in [3.05, 3.63) is 65.7 Å². The van der Waals surface area contributed by atoms with Gasteiger partial charge in [-0.15, -0.1) is 0 Å². The van der Waals surface area contributed by atoms with E-state index in [2.05, 4.69) is 46.3 Å². The van der Waals surface area contributed by atoms with Gasteiger partial charge < -0.3 is 4.74 Å². The predicted molar refractivity (Wildman–Crippen MR) is 99.4 cm³/mol. The first-order chi connectivity index (χ1) is 10.9. The first-order valence-corrected chi connectivity index (χ1v) is 8.66. The topological polar surface area (TPSA) is 26.3 Å². The normalized spacial score (nSPS) is 11.7. The number of benzene rings is 2. The van der Waals surface area contributed by atoms with Gasteiger partial charge in [-0.3, -0.25) is 0 Å². The summed E-state index contributed by atoms with van der Waals surface area (Å²) in [7, 11) is 0. The summed E-state index contributed by atoms with van der Waals surface area (Å²) in [4.78, 5) is 11.9. The molecule has 0 heterocycles. The molecule has 0 saturated heterocycles. The summed E-state index contributed by atoms with van der Waals surface area (Å²) >= 11 is 3.48. The third-order valence-electron chi connectivity index (χ3n) is 3.16. The molecule has 2 nitrogen and oxygen atoms in total. The van der Waals surface area contributed by atoms with Crippen LogP contribution in [0.25, 0.3) is 17.2 Å². The molecule has 0 aliphatic carbocycles. The number of rotatable bonds is 4. The Hall–Kier alpha value is -1.87. The fourth-order valence-corrected chi connectivity index (χ4v) is 2.56. The van der Waals surface area contributed by atoms with Crippen molar-refractivity contribution >= 4 is 28.0 Å². The summed E-state index contributed by atoms with van der Waals surface area (Å²) in [5.74, 6) is -0.333. The maximum absolute atomic E-state index is 11.9. The lowest BCUT2D eigenvalue weighted by atomic mass is 9.97. The molecule has 0 fully saturated rings. The van der Waals surface area contributed by atoms with Crippen molar-refractivity contribution in [3.8, 4) is 11.1 Å². The van der Waals surface area contributed by atoms with Gasteiger partial charge in [-0.25, -0.2) is 4.79 Å². The summed E-state index contributed by atoms with van der Waals surface area (Å²) in [6.07, 6.45) is 3.31. The van der Waals surface area contributed by atoms with Crippen LogP contribution < -0.4 is 0 Å². The minimum absolute atomic E-state index is 0.333. The Balaban J connectivity index is 2.34. The molecule has 2 rings (SSSR count). The Morgan fingerprint density at radius 2 is 1.83 bits per heavy atom. The van der Waals surface area contributed by atoms with Crippen LogP contribution in [0.2, 0.25) is 0 Å². The van der Waals surface area contributed by atoms with Crippen LogP contribution in [0.1, 0.15) is 31.9 Å². The molecule has 0 aromatic heterocycles. The molecule has 23 heavy (non-hydrogen) atoms. The maximum atomic E-state index is 11.9. The van der Waals surface area contributed by atoms with E-state index in [1.807, 2.05) is 45.0 Å². The van der Waals surface area contributed by atoms with E-state index in [9.17, 15) is 4.79 Å². The van der Waals surface area contributed by atoms with Gasteiger partial charge in [-0.2, -0.15) is 0 Å². The summed E-state index contributed by atoms with van der Waals surface area (Å²) in [5.41, 5.74) is 3.89. The third kappa shape index (κ3) is 5.36. The lowest BCUT2D eigenvalue weighted by molar-refractivity contribution is -0.148. The van der Waals surface area contributed by atoms with Gasteiger partial charge in [0, 0.05) is 11.4 Å². The molecule has 0 saturated carbocycles. The molecule has 120 valence electrons. The first kappa shape index (κ1) is 17.5. The molecule has 0 atom stereocenters. The standard InChI is InChI=1S/C20H21BrO2/c1-20(2,3)23-19(22)12-10-17-13-15(14-21)9-11-18(17)16-7-5-4-6-8-16/h4-13H,14H2,1-3H3. The average Bonchev–Trinajstić information content (AvgIpc) is 2.52. The van der Waals surface area contributed by atoms with Crippen LogP contribution in [0.15, 0.2) is 54.6 Å². The number of carbonyl (C=O) groups excluding carboxylic acids is 1. The minimum Gasteiger partial charge on any atom is -0.457 e. The Labute approximate surface area is 146 Å². The van der Waals surface area contributed by atoms with Crippen molar-refractivity contribution < 1.29 is 9.53 Å². The first-order valence-electron chi connectivity index (χ1n) is 7.54. The average molecular weight is 373 g/mol. The zero-order valence-electron chi connectivity index (χ0n) is 13.7. The number of carbonyl (C=O) groups is 1. The summed E-state index contributed by atoms with van der Waals surface area (Å²) in [6, 6.07) is 16.4. The Kier molecular flexibility index (Phi) is 5.78. The van der Waals surface area contributed by atoms with Gasteiger partial charge in [0.25, 0.3) is 0 Å². The van der Waals surface area contributed by atoms with E-state index in [0.29, 0.717) is 0 Å². The van der Waals surface area contributed by atoms with Crippen molar-refractivity contribution in [1.29, 1.82) is 0 Å². The van der Waals surface area contributed by atoms with E-state index in [0.717, 1.165) is 27.6 Å². The molecular formula is C20H21BrO2. The van der Waals surface area contributed by atoms with Gasteiger partial charge in [-0.05, 0) is 49.1 Å². The van der Waals surface area contributed by atoms with Crippen molar-refractivity contribution in [2.24, 2.45) is 0 Å². The van der Waals surface area contributed by atoms with E-state index < -0.39 is 5.60 Å². The molecule has 0 unspecified atom stereocenters. The van der Waals surface area contributed by atoms with Gasteiger partial charge in [0.1, 0.15) is 5.60 Å². The number of esters is 1. The number of hydrogen-bond acceptors (Lipinski definition) is 2. The van der Waals surface area contributed by atoms with Crippen LogP contribution >= 0.6 is 15.9 Å². The van der Waals surface area contributed by atoms with Crippen LogP contribution in [0.4, 0.5) is 0 Å². The Morgan fingerprint density at radius 3 is 2.43 bits per heavy atom. The highest BCUT2D eigenvalue weighted by molar-refractivity contribution is 9.08. The highest BCUT2D eigenvalue weighted by Crippen LogP contribution is 2.26. The van der Waals surface area contributed by atoms with Gasteiger partial charge in [0.15, 0.2) is 0 Å². The maximum Gasteiger partial charge on any atom is 0.331 e. The molecule has 0 N–H and O–H groups in total. The monoisotopic (exact) mass is 372 g/mol. The highest BCUT2D eigenvalue weighted by atomic mass is 79.9. The van der Waals surface area contributed by atoms with Gasteiger partial charge in [-0.1, -0.05) is 64.5 Å². The quantitative estimate of drug-likeness (QED) is 0.396. The minimum atomic E-state index is -0.485. The van der Waals surface area contributed by atoms with E-state index in [1.54, 1.807) is 0 Å². The van der Waals surface area contributed by atoms with Crippen LogP contribution in [0.3, 0.4) is 0 Å². The van der Waals surface area contributed by atoms with Crippen LogP contribution in [-0.4, -0.2) is 11.6 Å². The largest absolute Gasteiger partial charge is 0.457 e. The summed E-state index contributed by atoms with van der Waals surface area (Å²) < 4.78 is 5.33. The van der Waals surface area contributed by atoms with Crippen molar-refractivity contribution in [2.75, 3.05) is 0 Å². The van der Waals surface area contributed by atoms with Crippen molar-refractivity contribution in [3.63, 3.8) is 0 Å². The molecule has 0 radical (unpaired) electrons. The number of hydrogen-bond donors (Lipinski definition) is 0. The zero-order valence-corrected chi connectivity index (χ0v) is 15.3. The van der Waals surface area contributed by atoms with Crippen LogP contribution in [0.5, 0.6) is 0 Å². The fraction of sp³-hybridized carbons (Fsp3) is 0.250. The second kappa shape index (κ2) is 7.60. The lowest BCUT2D eigenvalue weighted by Crippen LogP contribution is -2.22. The smallest absolute Gasteiger partial charge is 0.331 e. The van der Waals surface area contributed by atoms with Crippen LogP contribution in [0, 0.1) is 0 Å². The van der Waals surface area contributed by atoms with E-state index in [-0.39, 0.29) is 5.97 Å². The van der Waals surface area contributed by atoms with Crippen LogP contribution in [-0.2, 0) is 14.9 Å². The molecular weight excluding hydrogens is 352 g/mol. The number of ether oxygens (including phenoxy) is 1. The Bertz CT molecular complexity index is 697. The molecule has 0 aliphatic heterocycles. The summed E-state index contributed by atoms with van der Waals surface area (Å²) in [5, 5.41) is 0.773. The molecule has 0 amide bonds. The highest BCUT2D eigenvalue weighted by Gasteiger charge is 2.14. The number of halogens is 1. The summed E-state index contributed by atoms with van der Waals surface area (Å²) in [6.45, 7) is 5.58. The molecule has 3 heteroatoms. The van der Waals surface area contributed by atoms with Gasteiger partial charge >= 0.3 is 5.97 Å². The molecule has 2 aromatic rings. The molecule has 2 aromatic carbocycles. The van der Waals surface area contributed by atoms with Gasteiger partial charge in [0.2, 0.25) is 0 Å². The fourth-order valence-electron chi connectivity index (χ4n) is 2.21. The Morgan fingerprint density at radius 1 is 1.13 bits per heavy atom.